The van der Waals surface area contributed by atoms with E-state index in [-0.39, 0.29) is 0 Å². The van der Waals surface area contributed by atoms with E-state index in [1.54, 1.807) is 0 Å². The van der Waals surface area contributed by atoms with Gasteiger partial charge in [-0.25, -0.2) is 13.7 Å². The molecule has 3 aromatic carbocycles. The zero-order chi connectivity index (χ0) is 35.1. The van der Waals surface area contributed by atoms with Crippen LogP contribution in [0.25, 0.3) is 33.8 Å². The molecule has 0 bridgehead atoms. The van der Waals surface area contributed by atoms with Crippen LogP contribution in [0.5, 0.6) is 0 Å². The van der Waals surface area contributed by atoms with Gasteiger partial charge in [0.1, 0.15) is 21.1 Å². The van der Waals surface area contributed by atoms with Crippen LogP contribution in [-0.2, 0) is 21.1 Å². The summed E-state index contributed by atoms with van der Waals surface area (Å²) in [4.78, 5) is 0. The van der Waals surface area contributed by atoms with Crippen molar-refractivity contribution in [2.24, 2.45) is 21.1 Å². The molecule has 0 saturated carbocycles. The summed E-state index contributed by atoms with van der Waals surface area (Å²) < 4.78 is 6.56. The summed E-state index contributed by atoms with van der Waals surface area (Å²) in [6, 6.07) is 32.2. The smallest absolute Gasteiger partial charge is 0.201 e. The lowest BCUT2D eigenvalue weighted by atomic mass is 9.95. The zero-order valence-electron chi connectivity index (χ0n) is 31.2. The fraction of sp³-hybridized carbons (Fsp3) is 0.267. The molecular weight excluding hydrogens is 583 g/mol. The molecule has 6 rings (SSSR count). The summed E-state index contributed by atoms with van der Waals surface area (Å²) in [7, 11) is 6.30. The second-order valence-electron chi connectivity index (χ2n) is 13.2. The zero-order valence-corrected chi connectivity index (χ0v) is 31.2. The molecule has 0 N–H and O–H groups in total. The van der Waals surface area contributed by atoms with Crippen LogP contribution >= 0.6 is 0 Å². The number of pyridine rings is 3. The molecule has 0 aliphatic heterocycles. The Bertz CT molecular complexity index is 1910. The van der Waals surface area contributed by atoms with Gasteiger partial charge in [-0.05, 0) is 132 Å². The number of rotatable bonds is 3. The van der Waals surface area contributed by atoms with Crippen LogP contribution in [0, 0.1) is 62.3 Å². The monoisotopic (exact) mass is 636 g/mol. The van der Waals surface area contributed by atoms with Gasteiger partial charge in [0.05, 0.1) is 5.56 Å². The lowest BCUT2D eigenvalue weighted by molar-refractivity contribution is -0.660. The molecule has 0 saturated heterocycles. The molecule has 0 aliphatic rings. The topological polar surface area (TPSA) is 11.6 Å². The molecule has 48 heavy (non-hydrogen) atoms. The van der Waals surface area contributed by atoms with E-state index in [9.17, 15) is 0 Å². The second-order valence-corrected chi connectivity index (χ2v) is 13.2. The van der Waals surface area contributed by atoms with Gasteiger partial charge >= 0.3 is 0 Å². The first-order valence-electron chi connectivity index (χ1n) is 16.9. The minimum atomic E-state index is 1.28. The first-order chi connectivity index (χ1) is 22.8. The highest BCUT2D eigenvalue weighted by molar-refractivity contribution is 5.67. The maximum absolute atomic E-state index is 2.20. The Hall–Kier alpha value is -4.89. The number of hydrogen-bond acceptors (Lipinski definition) is 0. The highest BCUT2D eigenvalue weighted by Crippen LogP contribution is 2.27. The van der Waals surface area contributed by atoms with Crippen molar-refractivity contribution in [3.05, 3.63) is 160 Å². The fourth-order valence-electron chi connectivity index (χ4n) is 6.44. The highest BCUT2D eigenvalue weighted by atomic mass is 14.9. The summed E-state index contributed by atoms with van der Waals surface area (Å²) in [5.74, 6) is 0. The van der Waals surface area contributed by atoms with Crippen LogP contribution in [0.1, 0.15) is 50.1 Å². The first kappa shape index (κ1) is 36.0. The van der Waals surface area contributed by atoms with Crippen molar-refractivity contribution in [1.29, 1.82) is 0 Å². The van der Waals surface area contributed by atoms with E-state index < -0.39 is 0 Å². The van der Waals surface area contributed by atoms with Gasteiger partial charge in [0.2, 0.25) is 17.1 Å². The molecule has 3 heterocycles. The first-order valence-corrected chi connectivity index (χ1v) is 16.9. The average molecular weight is 637 g/mol. The van der Waals surface area contributed by atoms with Crippen molar-refractivity contribution in [1.82, 2.24) is 0 Å². The molecule has 0 radical (unpaired) electrons. The number of hydrogen-bond donors (Lipinski definition) is 0. The fourth-order valence-corrected chi connectivity index (χ4v) is 6.44. The van der Waals surface area contributed by atoms with Gasteiger partial charge in [-0.2, -0.15) is 0 Å². The minimum Gasteiger partial charge on any atom is -0.201 e. The summed E-state index contributed by atoms with van der Waals surface area (Å²) in [5.41, 5.74) is 20.1. The molecular formula is C45H54N3+3. The van der Waals surface area contributed by atoms with Gasteiger partial charge in [-0.1, -0.05) is 36.4 Å². The Labute approximate surface area is 289 Å². The van der Waals surface area contributed by atoms with Crippen LogP contribution in [0.3, 0.4) is 0 Å². The largest absolute Gasteiger partial charge is 0.215 e. The Balaban J connectivity index is 0.000000163. The number of nitrogens with zero attached hydrogens (tertiary/aromatic N) is 3. The molecule has 3 aromatic heterocycles. The summed E-state index contributed by atoms with van der Waals surface area (Å²) in [5, 5.41) is 0. The number of aromatic nitrogens is 3. The van der Waals surface area contributed by atoms with E-state index in [1.165, 1.54) is 83.8 Å². The van der Waals surface area contributed by atoms with E-state index in [2.05, 4.69) is 207 Å². The van der Waals surface area contributed by atoms with E-state index in [0.717, 1.165) is 0 Å². The summed E-state index contributed by atoms with van der Waals surface area (Å²) in [6.45, 7) is 19.6. The molecule has 3 nitrogen and oxygen atoms in total. The SMILES string of the molecule is Cc1ccc(C)c(-c2cccc[n+]2C)c1C.Cc1cccc(-c2c(C)ccc[n+]2C)c1C.Cc1cccc(-c2c(C)ccc[n+]2C)c1C. The Kier molecular flexibility index (Phi) is 11.8. The summed E-state index contributed by atoms with van der Waals surface area (Å²) >= 11 is 0. The Morgan fingerprint density at radius 3 is 1.21 bits per heavy atom. The van der Waals surface area contributed by atoms with Gasteiger partial charge in [0.25, 0.3) is 0 Å². The van der Waals surface area contributed by atoms with Crippen LogP contribution in [0.15, 0.2) is 110 Å². The molecule has 0 spiro atoms. The summed E-state index contributed by atoms with van der Waals surface area (Å²) in [6.07, 6.45) is 6.30. The van der Waals surface area contributed by atoms with Crippen molar-refractivity contribution >= 4 is 0 Å². The average Bonchev–Trinajstić information content (AvgIpc) is 3.04. The predicted molar refractivity (Wildman–Crippen MR) is 202 cm³/mol. The molecule has 246 valence electrons. The van der Waals surface area contributed by atoms with Gasteiger partial charge in [-0.3, -0.25) is 0 Å². The van der Waals surface area contributed by atoms with E-state index in [0.29, 0.717) is 0 Å². The quantitative estimate of drug-likeness (QED) is 0.172. The van der Waals surface area contributed by atoms with Gasteiger partial charge in [-0.15, -0.1) is 0 Å². The van der Waals surface area contributed by atoms with Gasteiger partial charge in [0, 0.05) is 46.5 Å². The van der Waals surface area contributed by atoms with Crippen molar-refractivity contribution in [2.45, 2.75) is 62.3 Å². The normalized spacial score (nSPS) is 10.5. The van der Waals surface area contributed by atoms with Crippen molar-refractivity contribution in [2.75, 3.05) is 0 Å². The Morgan fingerprint density at radius 1 is 0.333 bits per heavy atom. The molecule has 0 unspecified atom stereocenters. The lowest BCUT2D eigenvalue weighted by Crippen LogP contribution is -2.31. The van der Waals surface area contributed by atoms with Crippen LogP contribution in [-0.4, -0.2) is 0 Å². The number of aryl methyl sites for hydroxylation is 9. The molecule has 6 aromatic rings. The molecule has 0 fully saturated rings. The van der Waals surface area contributed by atoms with Crippen LogP contribution in [0.2, 0.25) is 0 Å². The molecule has 3 heteroatoms. The Morgan fingerprint density at radius 2 is 0.750 bits per heavy atom. The van der Waals surface area contributed by atoms with Gasteiger partial charge in [0.15, 0.2) is 18.6 Å². The lowest BCUT2D eigenvalue weighted by Gasteiger charge is -2.10. The predicted octanol–water partition coefficient (Wildman–Crippen LogP) is 9.31. The van der Waals surface area contributed by atoms with E-state index in [4.69, 9.17) is 0 Å². The maximum Gasteiger partial charge on any atom is 0.215 e. The highest BCUT2D eigenvalue weighted by Gasteiger charge is 2.17. The van der Waals surface area contributed by atoms with E-state index >= 15 is 0 Å². The third-order valence-electron chi connectivity index (χ3n) is 9.74. The van der Waals surface area contributed by atoms with Gasteiger partial charge < -0.3 is 0 Å². The van der Waals surface area contributed by atoms with Crippen molar-refractivity contribution in [3.63, 3.8) is 0 Å². The molecule has 0 aliphatic carbocycles. The standard InChI is InChI=1S/3C15H18N/c2*1-11-7-5-9-14(13(11)3)15-12(2)8-6-10-16(15)4;1-11-8-9-12(2)15(13(11)3)14-7-5-6-10-16(14)4/h3*5-10H,1-4H3/q3*+1. The van der Waals surface area contributed by atoms with E-state index in [1.807, 2.05) is 0 Å². The third-order valence-corrected chi connectivity index (χ3v) is 9.74. The second kappa shape index (κ2) is 15.8. The van der Waals surface area contributed by atoms with Crippen molar-refractivity contribution in [3.8, 4) is 33.8 Å². The van der Waals surface area contributed by atoms with Crippen LogP contribution < -0.4 is 13.7 Å². The van der Waals surface area contributed by atoms with Crippen molar-refractivity contribution < 1.29 is 13.7 Å². The minimum absolute atomic E-state index is 1.28. The number of benzene rings is 3. The molecule has 0 atom stereocenters. The molecule has 0 amide bonds. The third kappa shape index (κ3) is 7.97. The maximum atomic E-state index is 2.20. The van der Waals surface area contributed by atoms with Crippen LogP contribution in [0.4, 0.5) is 0 Å².